The monoisotopic (exact) mass is 315 g/mol. The molecule has 0 heterocycles. The minimum Gasteiger partial charge on any atom is -0.497 e. The fraction of sp³-hybridized carbons (Fsp3) is 0.278. The van der Waals surface area contributed by atoms with Crippen molar-refractivity contribution >= 4 is 5.91 Å². The average molecular weight is 315 g/mol. The molecule has 1 N–H and O–H groups in total. The van der Waals surface area contributed by atoms with E-state index in [1.807, 2.05) is 0 Å². The van der Waals surface area contributed by atoms with E-state index in [2.05, 4.69) is 5.32 Å². The lowest BCUT2D eigenvalue weighted by Crippen LogP contribution is -2.34. The standard InChI is InChI=1S/C18H18FNO3/c1-22-15-9-12(10-16(11-15)23-2)17(21)20-18(7-8-18)13-3-5-14(19)6-4-13/h3-6,9-11H,7-8H2,1-2H3,(H,20,21). The van der Waals surface area contributed by atoms with E-state index >= 15 is 0 Å². The molecule has 0 spiro atoms. The lowest BCUT2D eigenvalue weighted by Gasteiger charge is -2.18. The van der Waals surface area contributed by atoms with E-state index in [4.69, 9.17) is 9.47 Å². The fourth-order valence-electron chi connectivity index (χ4n) is 2.61. The van der Waals surface area contributed by atoms with Crippen LogP contribution in [0.5, 0.6) is 11.5 Å². The lowest BCUT2D eigenvalue weighted by atomic mass is 10.0. The van der Waals surface area contributed by atoms with Crippen molar-refractivity contribution in [1.29, 1.82) is 0 Å². The van der Waals surface area contributed by atoms with Crippen LogP contribution in [-0.2, 0) is 5.54 Å². The first-order chi connectivity index (χ1) is 11.1. The van der Waals surface area contributed by atoms with Gasteiger partial charge in [0.05, 0.1) is 19.8 Å². The molecule has 0 radical (unpaired) electrons. The summed E-state index contributed by atoms with van der Waals surface area (Å²) < 4.78 is 23.5. The van der Waals surface area contributed by atoms with E-state index in [1.54, 1.807) is 30.3 Å². The average Bonchev–Trinajstić information content (AvgIpc) is 3.35. The van der Waals surface area contributed by atoms with Gasteiger partial charge < -0.3 is 14.8 Å². The number of ether oxygens (including phenoxy) is 2. The molecule has 2 aromatic rings. The molecule has 0 saturated heterocycles. The molecule has 23 heavy (non-hydrogen) atoms. The van der Waals surface area contributed by atoms with Crippen LogP contribution in [0.15, 0.2) is 42.5 Å². The Labute approximate surface area is 134 Å². The molecule has 0 aromatic heterocycles. The van der Waals surface area contributed by atoms with Crippen LogP contribution in [0.4, 0.5) is 4.39 Å². The highest BCUT2D eigenvalue weighted by molar-refractivity contribution is 5.96. The Hall–Kier alpha value is -2.56. The van der Waals surface area contributed by atoms with Gasteiger partial charge in [-0.2, -0.15) is 0 Å². The van der Waals surface area contributed by atoms with Crippen LogP contribution in [0.25, 0.3) is 0 Å². The van der Waals surface area contributed by atoms with Crippen molar-refractivity contribution in [3.8, 4) is 11.5 Å². The van der Waals surface area contributed by atoms with Gasteiger partial charge in [0.1, 0.15) is 17.3 Å². The first-order valence-electron chi connectivity index (χ1n) is 7.38. The second kappa shape index (κ2) is 5.91. The molecule has 0 bridgehead atoms. The minimum atomic E-state index is -0.402. The third-order valence-electron chi connectivity index (χ3n) is 4.11. The molecule has 1 saturated carbocycles. The molecule has 0 atom stereocenters. The topological polar surface area (TPSA) is 47.6 Å². The second-order valence-corrected chi connectivity index (χ2v) is 5.64. The molecule has 120 valence electrons. The number of carbonyl (C=O) groups is 1. The molecule has 1 fully saturated rings. The summed E-state index contributed by atoms with van der Waals surface area (Å²) in [6.07, 6.45) is 1.68. The van der Waals surface area contributed by atoms with Gasteiger partial charge in [-0.05, 0) is 42.7 Å². The third kappa shape index (κ3) is 3.13. The number of amides is 1. The Morgan fingerprint density at radius 1 is 1.04 bits per heavy atom. The van der Waals surface area contributed by atoms with Gasteiger partial charge >= 0.3 is 0 Å². The summed E-state index contributed by atoms with van der Waals surface area (Å²) in [5.74, 6) is 0.625. The highest BCUT2D eigenvalue weighted by Crippen LogP contribution is 2.45. The molecule has 1 amide bonds. The number of rotatable bonds is 5. The highest BCUT2D eigenvalue weighted by atomic mass is 19.1. The van der Waals surface area contributed by atoms with E-state index in [0.29, 0.717) is 17.1 Å². The smallest absolute Gasteiger partial charge is 0.252 e. The normalized spacial score (nSPS) is 14.9. The Balaban J connectivity index is 1.83. The predicted octanol–water partition coefficient (Wildman–Crippen LogP) is 3.26. The summed E-state index contributed by atoms with van der Waals surface area (Å²) in [4.78, 5) is 12.6. The van der Waals surface area contributed by atoms with Crippen molar-refractivity contribution in [3.63, 3.8) is 0 Å². The summed E-state index contributed by atoms with van der Waals surface area (Å²) in [6, 6.07) is 11.3. The first kappa shape index (κ1) is 15.3. The van der Waals surface area contributed by atoms with E-state index in [-0.39, 0.29) is 11.7 Å². The molecular weight excluding hydrogens is 297 g/mol. The Kier molecular flexibility index (Phi) is 3.94. The number of benzene rings is 2. The lowest BCUT2D eigenvalue weighted by molar-refractivity contribution is 0.0930. The van der Waals surface area contributed by atoms with Crippen LogP contribution in [0.2, 0.25) is 0 Å². The molecular formula is C18H18FNO3. The van der Waals surface area contributed by atoms with Gasteiger partial charge in [0.2, 0.25) is 0 Å². The molecule has 0 unspecified atom stereocenters. The first-order valence-corrected chi connectivity index (χ1v) is 7.38. The molecule has 4 nitrogen and oxygen atoms in total. The Bertz CT molecular complexity index is 701. The molecule has 1 aliphatic carbocycles. The van der Waals surface area contributed by atoms with Crippen LogP contribution >= 0.6 is 0 Å². The molecule has 3 rings (SSSR count). The minimum absolute atomic E-state index is 0.205. The van der Waals surface area contributed by atoms with Gasteiger partial charge in [-0.1, -0.05) is 12.1 Å². The van der Waals surface area contributed by atoms with Crippen LogP contribution in [0, 0.1) is 5.82 Å². The SMILES string of the molecule is COc1cc(OC)cc(C(=O)NC2(c3ccc(F)cc3)CC2)c1. The summed E-state index contributed by atoms with van der Waals surface area (Å²) >= 11 is 0. The molecule has 5 heteroatoms. The summed E-state index contributed by atoms with van der Waals surface area (Å²) in [5.41, 5.74) is 0.984. The van der Waals surface area contributed by atoms with Crippen molar-refractivity contribution in [2.45, 2.75) is 18.4 Å². The zero-order valence-electron chi connectivity index (χ0n) is 13.1. The number of halogens is 1. The third-order valence-corrected chi connectivity index (χ3v) is 4.11. The van der Waals surface area contributed by atoms with Gasteiger partial charge in [0.25, 0.3) is 5.91 Å². The summed E-state index contributed by atoms with van der Waals surface area (Å²) in [7, 11) is 3.08. The molecule has 1 aliphatic rings. The van der Waals surface area contributed by atoms with Crippen molar-refractivity contribution in [3.05, 3.63) is 59.4 Å². The number of hydrogen-bond donors (Lipinski definition) is 1. The number of nitrogens with one attached hydrogen (secondary N) is 1. The van der Waals surface area contributed by atoms with E-state index in [0.717, 1.165) is 18.4 Å². The number of hydrogen-bond acceptors (Lipinski definition) is 3. The Morgan fingerprint density at radius 2 is 1.61 bits per heavy atom. The summed E-state index contributed by atoms with van der Waals surface area (Å²) in [6.45, 7) is 0. The van der Waals surface area contributed by atoms with Crippen molar-refractivity contribution < 1.29 is 18.7 Å². The van der Waals surface area contributed by atoms with Crippen LogP contribution < -0.4 is 14.8 Å². The van der Waals surface area contributed by atoms with Crippen molar-refractivity contribution in [2.24, 2.45) is 0 Å². The quantitative estimate of drug-likeness (QED) is 0.921. The fourth-order valence-corrected chi connectivity index (χ4v) is 2.61. The van der Waals surface area contributed by atoms with Crippen LogP contribution in [-0.4, -0.2) is 20.1 Å². The molecule has 2 aromatic carbocycles. The second-order valence-electron chi connectivity index (χ2n) is 5.64. The van der Waals surface area contributed by atoms with E-state index in [9.17, 15) is 9.18 Å². The maximum absolute atomic E-state index is 13.1. The van der Waals surface area contributed by atoms with E-state index < -0.39 is 5.54 Å². The van der Waals surface area contributed by atoms with Gasteiger partial charge in [-0.15, -0.1) is 0 Å². The zero-order valence-corrected chi connectivity index (χ0v) is 13.1. The summed E-state index contributed by atoms with van der Waals surface area (Å²) in [5, 5.41) is 3.05. The van der Waals surface area contributed by atoms with Crippen molar-refractivity contribution in [2.75, 3.05) is 14.2 Å². The predicted molar refractivity (Wildman–Crippen MR) is 84.3 cm³/mol. The maximum Gasteiger partial charge on any atom is 0.252 e. The Morgan fingerprint density at radius 3 is 2.09 bits per heavy atom. The van der Waals surface area contributed by atoms with Gasteiger partial charge in [0.15, 0.2) is 0 Å². The van der Waals surface area contributed by atoms with Gasteiger partial charge in [-0.25, -0.2) is 4.39 Å². The van der Waals surface area contributed by atoms with Crippen LogP contribution in [0.3, 0.4) is 0 Å². The maximum atomic E-state index is 13.1. The van der Waals surface area contributed by atoms with Crippen LogP contribution in [0.1, 0.15) is 28.8 Å². The molecule has 0 aliphatic heterocycles. The van der Waals surface area contributed by atoms with Crippen molar-refractivity contribution in [1.82, 2.24) is 5.32 Å². The largest absolute Gasteiger partial charge is 0.497 e. The van der Waals surface area contributed by atoms with E-state index in [1.165, 1.54) is 26.4 Å². The number of carbonyl (C=O) groups excluding carboxylic acids is 1. The number of methoxy groups -OCH3 is 2. The zero-order chi connectivity index (χ0) is 16.4. The van der Waals surface area contributed by atoms with Gasteiger partial charge in [0, 0.05) is 11.6 Å². The van der Waals surface area contributed by atoms with Gasteiger partial charge in [-0.3, -0.25) is 4.79 Å². The highest BCUT2D eigenvalue weighted by Gasteiger charge is 2.45.